The molecule has 0 radical (unpaired) electrons. The molecule has 0 bridgehead atoms. The third-order valence-electron chi connectivity index (χ3n) is 4.32. The lowest BCUT2D eigenvalue weighted by Crippen LogP contribution is -1.97. The highest BCUT2D eigenvalue weighted by Gasteiger charge is 2.10. The van der Waals surface area contributed by atoms with Crippen molar-refractivity contribution in [1.29, 1.82) is 0 Å². The molecular formula is C23H19N3O3S. The van der Waals surface area contributed by atoms with E-state index in [0.29, 0.717) is 22.9 Å². The monoisotopic (exact) mass is 417 g/mol. The molecule has 1 N–H and O–H groups in total. The average molecular weight is 417 g/mol. The van der Waals surface area contributed by atoms with E-state index in [1.165, 1.54) is 24.5 Å². The largest absolute Gasteiger partial charge is 0.466 e. The summed E-state index contributed by atoms with van der Waals surface area (Å²) < 4.78 is 11.0. The van der Waals surface area contributed by atoms with Crippen LogP contribution in [0.1, 0.15) is 11.3 Å². The number of ether oxygens (including phenoxy) is 2. The highest BCUT2D eigenvalue weighted by atomic mass is 32.1. The van der Waals surface area contributed by atoms with Crippen LogP contribution in [0.3, 0.4) is 0 Å². The summed E-state index contributed by atoms with van der Waals surface area (Å²) >= 11 is 1.50. The molecule has 6 nitrogen and oxygen atoms in total. The standard InChI is InChI=1S/C23H19N3O3S/c1-15-14-30-23(25-15)26-21-12-20(17(13-24-21)10-11-22(27)28-2)29-19-9-5-7-16-6-3-4-8-18(16)19/h3-14H,1-2H3,(H,24,25,26)/b11-10-. The quantitative estimate of drug-likeness (QED) is 0.319. The Morgan fingerprint density at radius 2 is 1.97 bits per heavy atom. The number of aryl methyl sites for hydroxylation is 1. The van der Waals surface area contributed by atoms with Crippen molar-refractivity contribution in [3.63, 3.8) is 0 Å². The predicted molar refractivity (Wildman–Crippen MR) is 119 cm³/mol. The number of methoxy groups -OCH3 is 1. The Balaban J connectivity index is 1.72. The smallest absolute Gasteiger partial charge is 0.330 e. The van der Waals surface area contributed by atoms with Crippen LogP contribution < -0.4 is 10.1 Å². The number of esters is 1. The van der Waals surface area contributed by atoms with E-state index >= 15 is 0 Å². The zero-order valence-electron chi connectivity index (χ0n) is 16.5. The first kappa shape index (κ1) is 19.6. The Kier molecular flexibility index (Phi) is 5.72. The molecular weight excluding hydrogens is 398 g/mol. The number of carbonyl (C=O) groups is 1. The third-order valence-corrected chi connectivity index (χ3v) is 5.19. The summed E-state index contributed by atoms with van der Waals surface area (Å²) in [5, 5.41) is 7.96. The van der Waals surface area contributed by atoms with Crippen molar-refractivity contribution in [3.8, 4) is 11.5 Å². The molecule has 0 atom stereocenters. The summed E-state index contributed by atoms with van der Waals surface area (Å²) in [6.45, 7) is 1.94. The highest BCUT2D eigenvalue weighted by molar-refractivity contribution is 7.13. The van der Waals surface area contributed by atoms with Crippen LogP contribution in [0.25, 0.3) is 16.8 Å². The molecule has 0 saturated heterocycles. The number of pyridine rings is 1. The second-order valence-electron chi connectivity index (χ2n) is 6.46. The Hall–Kier alpha value is -3.71. The van der Waals surface area contributed by atoms with E-state index in [9.17, 15) is 4.79 Å². The molecule has 0 fully saturated rings. The molecule has 2 aromatic heterocycles. The van der Waals surface area contributed by atoms with Crippen molar-refractivity contribution in [2.45, 2.75) is 6.92 Å². The Labute approximate surface area is 177 Å². The maximum Gasteiger partial charge on any atom is 0.330 e. The number of aromatic nitrogens is 2. The molecule has 0 saturated carbocycles. The molecule has 7 heteroatoms. The van der Waals surface area contributed by atoms with Crippen LogP contribution in [0.15, 0.2) is 66.2 Å². The number of thiazole rings is 1. The maximum absolute atomic E-state index is 11.6. The van der Waals surface area contributed by atoms with Gasteiger partial charge in [-0.25, -0.2) is 14.8 Å². The van der Waals surface area contributed by atoms with Gasteiger partial charge in [0.05, 0.1) is 12.8 Å². The van der Waals surface area contributed by atoms with Gasteiger partial charge in [-0.05, 0) is 24.5 Å². The third kappa shape index (κ3) is 4.47. The van der Waals surface area contributed by atoms with Crippen LogP contribution in [-0.4, -0.2) is 23.0 Å². The molecule has 0 aliphatic rings. The van der Waals surface area contributed by atoms with Gasteiger partial charge in [0.15, 0.2) is 5.13 Å². The molecule has 0 unspecified atom stereocenters. The summed E-state index contributed by atoms with van der Waals surface area (Å²) in [4.78, 5) is 20.4. The molecule has 2 heterocycles. The molecule has 4 rings (SSSR count). The summed E-state index contributed by atoms with van der Waals surface area (Å²) in [5.74, 6) is 1.40. The van der Waals surface area contributed by atoms with E-state index in [2.05, 4.69) is 20.0 Å². The van der Waals surface area contributed by atoms with E-state index in [0.717, 1.165) is 21.6 Å². The fraction of sp³-hybridized carbons (Fsp3) is 0.0870. The predicted octanol–water partition coefficient (Wildman–Crippen LogP) is 5.72. The zero-order valence-corrected chi connectivity index (χ0v) is 17.3. The van der Waals surface area contributed by atoms with Gasteiger partial charge in [0.2, 0.25) is 0 Å². The first-order valence-electron chi connectivity index (χ1n) is 9.23. The second-order valence-corrected chi connectivity index (χ2v) is 7.32. The molecule has 0 spiro atoms. The van der Waals surface area contributed by atoms with Gasteiger partial charge in [-0.1, -0.05) is 36.4 Å². The van der Waals surface area contributed by atoms with Crippen LogP contribution in [0, 0.1) is 6.92 Å². The van der Waals surface area contributed by atoms with Crippen LogP contribution in [0.4, 0.5) is 10.9 Å². The molecule has 4 aromatic rings. The summed E-state index contributed by atoms with van der Waals surface area (Å²) in [6.07, 6.45) is 4.60. The van der Waals surface area contributed by atoms with E-state index in [1.807, 2.05) is 54.8 Å². The fourth-order valence-corrected chi connectivity index (χ4v) is 3.57. The number of fused-ring (bicyclic) bond motifs is 1. The SMILES string of the molecule is COC(=O)/C=C\c1cnc(Nc2nc(C)cs2)cc1Oc1cccc2ccccc12. The van der Waals surface area contributed by atoms with Gasteiger partial charge < -0.3 is 14.8 Å². The van der Waals surface area contributed by atoms with Crippen LogP contribution in [-0.2, 0) is 9.53 Å². The van der Waals surface area contributed by atoms with Crippen LogP contribution >= 0.6 is 11.3 Å². The van der Waals surface area contributed by atoms with Gasteiger partial charge in [-0.15, -0.1) is 11.3 Å². The van der Waals surface area contributed by atoms with Crippen LogP contribution in [0.2, 0.25) is 0 Å². The second kappa shape index (κ2) is 8.75. The lowest BCUT2D eigenvalue weighted by molar-refractivity contribution is -0.134. The molecule has 0 amide bonds. The van der Waals surface area contributed by atoms with E-state index in [-0.39, 0.29) is 0 Å². The number of nitrogens with zero attached hydrogens (tertiary/aromatic N) is 2. The number of hydrogen-bond donors (Lipinski definition) is 1. The minimum atomic E-state index is -0.452. The Morgan fingerprint density at radius 3 is 2.77 bits per heavy atom. The van der Waals surface area contributed by atoms with Crippen molar-refractivity contribution in [3.05, 3.63) is 77.4 Å². The first-order valence-corrected chi connectivity index (χ1v) is 10.1. The minimum absolute atomic E-state index is 0.452. The summed E-state index contributed by atoms with van der Waals surface area (Å²) in [7, 11) is 1.33. The lowest BCUT2D eigenvalue weighted by atomic mass is 10.1. The molecule has 2 aromatic carbocycles. The number of nitrogens with one attached hydrogen (secondary N) is 1. The molecule has 0 aliphatic carbocycles. The van der Waals surface area contributed by atoms with Gasteiger partial charge in [0.25, 0.3) is 0 Å². The number of rotatable bonds is 6. The normalized spacial score (nSPS) is 11.0. The number of hydrogen-bond acceptors (Lipinski definition) is 7. The van der Waals surface area contributed by atoms with Gasteiger partial charge in [-0.3, -0.25) is 0 Å². The topological polar surface area (TPSA) is 73.3 Å². The van der Waals surface area contributed by atoms with Gasteiger partial charge in [-0.2, -0.15) is 0 Å². The van der Waals surface area contributed by atoms with Gasteiger partial charge in [0.1, 0.15) is 17.3 Å². The number of benzene rings is 2. The average Bonchev–Trinajstić information content (AvgIpc) is 3.17. The van der Waals surface area contributed by atoms with Crippen molar-refractivity contribution in [1.82, 2.24) is 9.97 Å². The minimum Gasteiger partial charge on any atom is -0.466 e. The molecule has 0 aliphatic heterocycles. The summed E-state index contributed by atoms with van der Waals surface area (Å²) in [6, 6.07) is 15.7. The Morgan fingerprint density at radius 1 is 1.13 bits per heavy atom. The van der Waals surface area contributed by atoms with E-state index in [1.54, 1.807) is 18.3 Å². The van der Waals surface area contributed by atoms with Crippen molar-refractivity contribution < 1.29 is 14.3 Å². The van der Waals surface area contributed by atoms with Crippen molar-refractivity contribution in [2.75, 3.05) is 12.4 Å². The van der Waals surface area contributed by atoms with Gasteiger partial charge >= 0.3 is 5.97 Å². The van der Waals surface area contributed by atoms with Gasteiger partial charge in [0, 0.05) is 34.7 Å². The van der Waals surface area contributed by atoms with Crippen LogP contribution in [0.5, 0.6) is 11.5 Å². The molecule has 30 heavy (non-hydrogen) atoms. The van der Waals surface area contributed by atoms with Crippen molar-refractivity contribution in [2.24, 2.45) is 0 Å². The first-order chi connectivity index (χ1) is 14.6. The highest BCUT2D eigenvalue weighted by Crippen LogP contribution is 2.33. The lowest BCUT2D eigenvalue weighted by Gasteiger charge is -2.13. The maximum atomic E-state index is 11.6. The number of anilines is 2. The van der Waals surface area contributed by atoms with E-state index in [4.69, 9.17) is 4.74 Å². The zero-order chi connectivity index (χ0) is 20.9. The summed E-state index contributed by atoms with van der Waals surface area (Å²) in [5.41, 5.74) is 1.58. The Bertz CT molecular complexity index is 1230. The number of carbonyl (C=O) groups excluding carboxylic acids is 1. The van der Waals surface area contributed by atoms with Crippen molar-refractivity contribution >= 4 is 45.1 Å². The molecule has 150 valence electrons. The fourth-order valence-electron chi connectivity index (χ4n) is 2.88. The van der Waals surface area contributed by atoms with E-state index < -0.39 is 5.97 Å².